The molecule has 3 nitrogen and oxygen atoms in total. The number of hydrogen-bond donors (Lipinski definition) is 0. The van der Waals surface area contributed by atoms with Gasteiger partial charge in [-0.1, -0.05) is 24.6 Å². The van der Waals surface area contributed by atoms with Gasteiger partial charge < -0.3 is 4.74 Å². The summed E-state index contributed by atoms with van der Waals surface area (Å²) in [5.74, 6) is 0.666. The van der Waals surface area contributed by atoms with Gasteiger partial charge in [-0.25, -0.2) is 4.39 Å². The minimum Gasteiger partial charge on any atom is -0.494 e. The number of Topliss-reactive ketones (excluding diaryl/α,β-unsaturated/α-hetero) is 1. The van der Waals surface area contributed by atoms with Crippen molar-refractivity contribution in [3.05, 3.63) is 66.0 Å². The number of halogens is 1. The number of ketones is 1. The molecule has 0 spiro atoms. The highest BCUT2D eigenvalue weighted by Gasteiger charge is 2.28. The Balaban J connectivity index is 1.53. The van der Waals surface area contributed by atoms with Crippen LogP contribution in [0.1, 0.15) is 36.0 Å². The fourth-order valence-corrected chi connectivity index (χ4v) is 3.34. The predicted molar refractivity (Wildman–Crippen MR) is 96.5 cm³/mol. The number of benzene rings is 2. The van der Waals surface area contributed by atoms with Crippen LogP contribution >= 0.6 is 0 Å². The van der Waals surface area contributed by atoms with Gasteiger partial charge in [0, 0.05) is 12.1 Å². The van der Waals surface area contributed by atoms with Crippen molar-refractivity contribution in [2.45, 2.75) is 31.7 Å². The maximum absolute atomic E-state index is 13.1. The first-order valence-corrected chi connectivity index (χ1v) is 8.96. The molecule has 1 heterocycles. The molecule has 0 aromatic heterocycles. The number of carbonyl (C=O) groups excluding carboxylic acids is 1. The third-order valence-corrected chi connectivity index (χ3v) is 4.65. The second kappa shape index (κ2) is 8.77. The third-order valence-electron chi connectivity index (χ3n) is 4.65. The van der Waals surface area contributed by atoms with Crippen LogP contribution in [0.15, 0.2) is 54.6 Å². The van der Waals surface area contributed by atoms with Gasteiger partial charge in [0.05, 0.1) is 12.6 Å². The molecule has 1 fully saturated rings. The summed E-state index contributed by atoms with van der Waals surface area (Å²) in [5.41, 5.74) is 0.596. The lowest BCUT2D eigenvalue weighted by Gasteiger charge is -2.34. The van der Waals surface area contributed by atoms with Crippen molar-refractivity contribution < 1.29 is 13.9 Å². The molecule has 1 saturated heterocycles. The van der Waals surface area contributed by atoms with Gasteiger partial charge in [0.25, 0.3) is 0 Å². The maximum Gasteiger partial charge on any atom is 0.179 e. The predicted octanol–water partition coefficient (Wildman–Crippen LogP) is 4.33. The van der Waals surface area contributed by atoms with Crippen LogP contribution in [0.3, 0.4) is 0 Å². The molecule has 1 aliphatic heterocycles. The van der Waals surface area contributed by atoms with Gasteiger partial charge in [-0.2, -0.15) is 0 Å². The van der Waals surface area contributed by atoms with Gasteiger partial charge >= 0.3 is 0 Å². The van der Waals surface area contributed by atoms with Crippen molar-refractivity contribution in [1.29, 1.82) is 0 Å². The van der Waals surface area contributed by atoms with E-state index in [0.29, 0.717) is 12.2 Å². The number of piperidine rings is 1. The number of likely N-dealkylation sites (tertiary alicyclic amines) is 1. The van der Waals surface area contributed by atoms with Gasteiger partial charge in [-0.3, -0.25) is 9.69 Å². The van der Waals surface area contributed by atoms with E-state index in [2.05, 4.69) is 4.90 Å². The molecule has 25 heavy (non-hydrogen) atoms. The monoisotopic (exact) mass is 341 g/mol. The minimum atomic E-state index is -0.310. The first kappa shape index (κ1) is 17.6. The topological polar surface area (TPSA) is 29.5 Å². The largest absolute Gasteiger partial charge is 0.494 e. The van der Waals surface area contributed by atoms with Gasteiger partial charge in [0.2, 0.25) is 0 Å². The summed E-state index contributed by atoms with van der Waals surface area (Å²) < 4.78 is 18.8. The number of hydrogen-bond acceptors (Lipinski definition) is 3. The van der Waals surface area contributed by atoms with Crippen LogP contribution in [-0.4, -0.2) is 36.4 Å². The zero-order chi connectivity index (χ0) is 17.5. The molecule has 2 aromatic rings. The van der Waals surface area contributed by atoms with Gasteiger partial charge in [-0.05, 0) is 62.2 Å². The smallest absolute Gasteiger partial charge is 0.179 e. The lowest BCUT2D eigenvalue weighted by molar-refractivity contribution is 0.0733. The Morgan fingerprint density at radius 3 is 2.60 bits per heavy atom. The zero-order valence-corrected chi connectivity index (χ0v) is 14.4. The molecular weight excluding hydrogens is 317 g/mol. The first-order valence-electron chi connectivity index (χ1n) is 8.96. The highest BCUT2D eigenvalue weighted by atomic mass is 19.1. The van der Waals surface area contributed by atoms with E-state index in [0.717, 1.165) is 44.5 Å². The molecule has 0 aliphatic carbocycles. The highest BCUT2D eigenvalue weighted by Crippen LogP contribution is 2.21. The Morgan fingerprint density at radius 2 is 1.84 bits per heavy atom. The molecule has 0 bridgehead atoms. The fourth-order valence-electron chi connectivity index (χ4n) is 3.34. The second-order valence-corrected chi connectivity index (χ2v) is 6.43. The van der Waals surface area contributed by atoms with Crippen LogP contribution in [0, 0.1) is 5.82 Å². The number of carbonyl (C=O) groups is 1. The van der Waals surface area contributed by atoms with E-state index >= 15 is 0 Å². The van der Waals surface area contributed by atoms with Crippen molar-refractivity contribution in [2.24, 2.45) is 0 Å². The molecule has 1 aliphatic rings. The number of para-hydroxylation sites is 1. The van der Waals surface area contributed by atoms with E-state index in [4.69, 9.17) is 4.74 Å². The molecule has 0 N–H and O–H groups in total. The minimum absolute atomic E-state index is 0.101. The molecule has 3 rings (SSSR count). The Labute approximate surface area is 148 Å². The van der Waals surface area contributed by atoms with E-state index < -0.39 is 0 Å². The van der Waals surface area contributed by atoms with E-state index in [1.54, 1.807) is 12.1 Å². The molecule has 132 valence electrons. The second-order valence-electron chi connectivity index (χ2n) is 6.43. The van der Waals surface area contributed by atoms with Crippen LogP contribution in [0.25, 0.3) is 0 Å². The average Bonchev–Trinajstić information content (AvgIpc) is 2.66. The number of ether oxygens (including phenoxy) is 1. The van der Waals surface area contributed by atoms with E-state index in [1.165, 1.54) is 12.1 Å². The lowest BCUT2D eigenvalue weighted by atomic mass is 9.94. The summed E-state index contributed by atoms with van der Waals surface area (Å²) in [7, 11) is 0. The van der Waals surface area contributed by atoms with Crippen molar-refractivity contribution in [3.8, 4) is 5.75 Å². The summed E-state index contributed by atoms with van der Waals surface area (Å²) in [6, 6.07) is 15.6. The van der Waals surface area contributed by atoms with Crippen molar-refractivity contribution >= 4 is 5.78 Å². The molecule has 1 atom stereocenters. The summed E-state index contributed by atoms with van der Waals surface area (Å²) in [6.07, 6.45) is 3.93. The van der Waals surface area contributed by atoms with E-state index in [1.807, 2.05) is 30.3 Å². The summed E-state index contributed by atoms with van der Waals surface area (Å²) in [4.78, 5) is 15.0. The standard InChI is InChI=1S/C21H24FNO2/c22-18-12-10-17(11-13-18)21(24)20-9-4-5-14-23(20)15-6-16-25-19-7-2-1-3-8-19/h1-3,7-8,10-13,20H,4-6,9,14-16H2. The van der Waals surface area contributed by atoms with Crippen molar-refractivity contribution in [3.63, 3.8) is 0 Å². The maximum atomic E-state index is 13.1. The number of nitrogens with zero attached hydrogens (tertiary/aromatic N) is 1. The van der Waals surface area contributed by atoms with Crippen LogP contribution in [-0.2, 0) is 0 Å². The molecule has 0 amide bonds. The SMILES string of the molecule is O=C(c1ccc(F)cc1)C1CCCCN1CCCOc1ccccc1. The zero-order valence-electron chi connectivity index (χ0n) is 14.4. The molecular formula is C21H24FNO2. The van der Waals surface area contributed by atoms with Gasteiger partial charge in [-0.15, -0.1) is 0 Å². The Bertz CT molecular complexity index is 672. The van der Waals surface area contributed by atoms with Crippen molar-refractivity contribution in [1.82, 2.24) is 4.90 Å². The first-order chi connectivity index (χ1) is 12.2. The molecule has 2 aromatic carbocycles. The van der Waals surface area contributed by atoms with Crippen LogP contribution < -0.4 is 4.74 Å². The lowest BCUT2D eigenvalue weighted by Crippen LogP contribution is -2.45. The quantitative estimate of drug-likeness (QED) is 0.554. The average molecular weight is 341 g/mol. The van der Waals surface area contributed by atoms with Gasteiger partial charge in [0.1, 0.15) is 11.6 Å². The van der Waals surface area contributed by atoms with Crippen LogP contribution in [0.4, 0.5) is 4.39 Å². The van der Waals surface area contributed by atoms with E-state index in [-0.39, 0.29) is 17.6 Å². The number of rotatable bonds is 7. The van der Waals surface area contributed by atoms with Gasteiger partial charge in [0.15, 0.2) is 5.78 Å². The Kier molecular flexibility index (Phi) is 6.18. The molecule has 0 saturated carbocycles. The summed E-state index contributed by atoms with van der Waals surface area (Å²) in [5, 5.41) is 0. The Morgan fingerprint density at radius 1 is 1.08 bits per heavy atom. The van der Waals surface area contributed by atoms with Crippen LogP contribution in [0.5, 0.6) is 5.75 Å². The highest BCUT2D eigenvalue weighted by molar-refractivity contribution is 6.00. The molecule has 1 unspecified atom stereocenters. The molecule has 0 radical (unpaired) electrons. The normalized spacial score (nSPS) is 18.0. The van der Waals surface area contributed by atoms with Crippen LogP contribution in [0.2, 0.25) is 0 Å². The fraction of sp³-hybridized carbons (Fsp3) is 0.381. The van der Waals surface area contributed by atoms with E-state index in [9.17, 15) is 9.18 Å². The van der Waals surface area contributed by atoms with Crippen molar-refractivity contribution in [2.75, 3.05) is 19.7 Å². The Hall–Kier alpha value is -2.20. The molecule has 4 heteroatoms. The third kappa shape index (κ3) is 4.89. The summed E-state index contributed by atoms with van der Waals surface area (Å²) >= 11 is 0. The summed E-state index contributed by atoms with van der Waals surface area (Å²) in [6.45, 7) is 2.41.